The number of ether oxygens (including phenoxy) is 4. The first-order chi connectivity index (χ1) is 45.3. The SMILES string of the molecule is CCCCCC/C=C\C=C/CCCCCCCC(=O)O[C@H](COC(=O)CCCCCCCCCC(C)C)COP(=O)(O)OCC(O)COP(=O)(O)OC[C@@H](COC(=O)CCCCCCCCCCC(C)CC)OC(=O)CCCCCCCCCCCCCCCCC(C)C. The number of hydrogen-bond acceptors (Lipinski definition) is 15. The molecule has 3 N–H and O–H groups in total. The Morgan fingerprint density at radius 2 is 0.628 bits per heavy atom. The summed E-state index contributed by atoms with van der Waals surface area (Å²) in [7, 11) is -9.92. The molecule has 17 nitrogen and oxygen atoms in total. The van der Waals surface area contributed by atoms with E-state index < -0.39 is 97.5 Å². The molecule has 0 amide bonds. The van der Waals surface area contributed by atoms with E-state index in [4.69, 9.17) is 37.0 Å². The van der Waals surface area contributed by atoms with Crippen LogP contribution in [0.4, 0.5) is 0 Å². The highest BCUT2D eigenvalue weighted by atomic mass is 31.2. The van der Waals surface area contributed by atoms with E-state index in [1.807, 2.05) is 0 Å². The second-order valence-electron chi connectivity index (χ2n) is 27.5. The number of phosphoric acid groups is 2. The highest BCUT2D eigenvalue weighted by molar-refractivity contribution is 7.47. The lowest BCUT2D eigenvalue weighted by atomic mass is 9.99. The summed E-state index contributed by atoms with van der Waals surface area (Å²) in [5.74, 6) is 0.120. The van der Waals surface area contributed by atoms with Crippen LogP contribution in [0, 0.1) is 17.8 Å². The molecule has 4 unspecified atom stereocenters. The van der Waals surface area contributed by atoms with Gasteiger partial charge in [-0.1, -0.05) is 304 Å². The summed E-state index contributed by atoms with van der Waals surface area (Å²) in [4.78, 5) is 72.7. The van der Waals surface area contributed by atoms with Crippen molar-refractivity contribution in [2.45, 2.75) is 375 Å². The normalized spacial score (nSPS) is 14.6. The highest BCUT2D eigenvalue weighted by Gasteiger charge is 2.30. The molecule has 0 fully saturated rings. The molecular weight excluding hydrogens is 1230 g/mol. The van der Waals surface area contributed by atoms with E-state index in [2.05, 4.69) is 72.8 Å². The number of carbonyl (C=O) groups is 4. The summed E-state index contributed by atoms with van der Waals surface area (Å²) in [6.45, 7) is 11.8. The number of phosphoric ester groups is 2. The zero-order chi connectivity index (χ0) is 69.4. The Kier molecular flexibility index (Phi) is 63.5. The minimum atomic E-state index is -4.96. The van der Waals surface area contributed by atoms with Gasteiger partial charge in [0.2, 0.25) is 0 Å². The summed E-state index contributed by atoms with van der Waals surface area (Å²) in [5, 5.41) is 10.6. The Hall–Kier alpha value is -2.46. The topological polar surface area (TPSA) is 237 Å². The third-order valence-corrected chi connectivity index (χ3v) is 19.0. The fraction of sp³-hybridized carbons (Fsp3) is 0.893. The van der Waals surface area contributed by atoms with Crippen molar-refractivity contribution in [2.24, 2.45) is 17.8 Å². The molecule has 0 aromatic carbocycles. The van der Waals surface area contributed by atoms with Crippen LogP contribution < -0.4 is 0 Å². The van der Waals surface area contributed by atoms with Crippen molar-refractivity contribution in [3.8, 4) is 0 Å². The zero-order valence-corrected chi connectivity index (χ0v) is 62.7. The van der Waals surface area contributed by atoms with Crippen molar-refractivity contribution in [3.05, 3.63) is 24.3 Å². The Balaban J connectivity index is 5.28. The van der Waals surface area contributed by atoms with E-state index in [0.717, 1.165) is 121 Å². The number of carbonyl (C=O) groups excluding carboxylic acids is 4. The van der Waals surface area contributed by atoms with Crippen LogP contribution in [-0.4, -0.2) is 96.7 Å². The second-order valence-corrected chi connectivity index (χ2v) is 30.5. The number of hydrogen-bond donors (Lipinski definition) is 3. The summed E-state index contributed by atoms with van der Waals surface area (Å²) < 4.78 is 68.4. The predicted molar refractivity (Wildman–Crippen MR) is 381 cm³/mol. The van der Waals surface area contributed by atoms with E-state index in [0.29, 0.717) is 31.6 Å². The van der Waals surface area contributed by atoms with Gasteiger partial charge in [-0.15, -0.1) is 0 Å². The lowest BCUT2D eigenvalue weighted by Gasteiger charge is -2.21. The van der Waals surface area contributed by atoms with Crippen LogP contribution in [0.2, 0.25) is 0 Å². The average molecular weight is 1380 g/mol. The van der Waals surface area contributed by atoms with Gasteiger partial charge in [0.15, 0.2) is 12.2 Å². The van der Waals surface area contributed by atoms with Gasteiger partial charge in [-0.2, -0.15) is 0 Å². The van der Waals surface area contributed by atoms with Gasteiger partial charge in [0.1, 0.15) is 19.3 Å². The largest absolute Gasteiger partial charge is 0.472 e. The molecule has 0 spiro atoms. The number of aliphatic hydroxyl groups is 1. The van der Waals surface area contributed by atoms with Gasteiger partial charge in [0.05, 0.1) is 26.4 Å². The van der Waals surface area contributed by atoms with Gasteiger partial charge in [-0.25, -0.2) is 9.13 Å². The maximum atomic E-state index is 13.1. The maximum Gasteiger partial charge on any atom is 0.472 e. The molecule has 94 heavy (non-hydrogen) atoms. The molecule has 0 saturated heterocycles. The first-order valence-electron chi connectivity index (χ1n) is 38.2. The van der Waals surface area contributed by atoms with Crippen molar-refractivity contribution >= 4 is 39.5 Å². The minimum Gasteiger partial charge on any atom is -0.462 e. The highest BCUT2D eigenvalue weighted by Crippen LogP contribution is 2.45. The molecule has 0 saturated carbocycles. The molecule has 0 radical (unpaired) electrons. The van der Waals surface area contributed by atoms with Crippen molar-refractivity contribution < 1.29 is 80.2 Å². The molecule has 0 aliphatic heterocycles. The smallest absolute Gasteiger partial charge is 0.462 e. The minimum absolute atomic E-state index is 0.0839. The monoisotopic (exact) mass is 1380 g/mol. The lowest BCUT2D eigenvalue weighted by molar-refractivity contribution is -0.161. The van der Waals surface area contributed by atoms with Crippen molar-refractivity contribution in [1.82, 2.24) is 0 Å². The quantitative estimate of drug-likeness (QED) is 0.0169. The Morgan fingerprint density at radius 1 is 0.351 bits per heavy atom. The molecular formula is C75H142O17P2. The van der Waals surface area contributed by atoms with Gasteiger partial charge in [0, 0.05) is 25.7 Å². The second kappa shape index (κ2) is 65.2. The number of unbranched alkanes of at least 4 members (excludes halogenated alkanes) is 35. The van der Waals surface area contributed by atoms with Crippen LogP contribution in [0.1, 0.15) is 357 Å². The zero-order valence-electron chi connectivity index (χ0n) is 60.9. The number of rotatable bonds is 71. The van der Waals surface area contributed by atoms with E-state index in [-0.39, 0.29) is 25.7 Å². The molecule has 554 valence electrons. The van der Waals surface area contributed by atoms with Crippen LogP contribution >= 0.6 is 15.6 Å². The van der Waals surface area contributed by atoms with E-state index in [9.17, 15) is 43.2 Å². The molecule has 0 aliphatic rings. The van der Waals surface area contributed by atoms with Crippen LogP contribution in [-0.2, 0) is 65.4 Å². The Bertz CT molecular complexity index is 1930. The summed E-state index contributed by atoms with van der Waals surface area (Å²) in [6.07, 6.45) is 53.5. The number of esters is 4. The lowest BCUT2D eigenvalue weighted by Crippen LogP contribution is -2.30. The van der Waals surface area contributed by atoms with Crippen LogP contribution in [0.3, 0.4) is 0 Å². The number of allylic oxidation sites excluding steroid dienone is 4. The fourth-order valence-corrected chi connectivity index (χ4v) is 12.4. The van der Waals surface area contributed by atoms with Crippen molar-refractivity contribution in [1.29, 1.82) is 0 Å². The van der Waals surface area contributed by atoms with Crippen molar-refractivity contribution in [2.75, 3.05) is 39.6 Å². The van der Waals surface area contributed by atoms with Gasteiger partial charge >= 0.3 is 39.5 Å². The molecule has 0 aliphatic carbocycles. The fourth-order valence-electron chi connectivity index (χ4n) is 10.9. The van der Waals surface area contributed by atoms with E-state index >= 15 is 0 Å². The van der Waals surface area contributed by atoms with E-state index in [1.54, 1.807) is 0 Å². The summed E-state index contributed by atoms with van der Waals surface area (Å²) in [5.41, 5.74) is 0. The molecule has 0 rings (SSSR count). The van der Waals surface area contributed by atoms with Gasteiger partial charge in [-0.3, -0.25) is 37.3 Å². The van der Waals surface area contributed by atoms with Crippen molar-refractivity contribution in [3.63, 3.8) is 0 Å². The van der Waals surface area contributed by atoms with Crippen LogP contribution in [0.5, 0.6) is 0 Å². The first-order valence-corrected chi connectivity index (χ1v) is 41.2. The molecule has 0 heterocycles. The first kappa shape index (κ1) is 91.5. The average Bonchev–Trinajstić information content (AvgIpc) is 1.63. The molecule has 0 aromatic rings. The molecule has 6 atom stereocenters. The molecule has 0 aromatic heterocycles. The standard InChI is InChI=1S/C75H142O17P2/c1-8-10-11-12-13-14-15-16-17-21-24-27-36-44-51-58-75(80)92-71(63-86-73(78)57-50-43-38-31-33-40-47-54-67(5)6)65-90-94(83,84)88-61-69(76)60-87-93(81,82)89-64-70(62-85-72(77)56-49-42-35-30-29-34-41-48-55-68(7)9-2)91-74(79)59-52-45-37-28-25-22-19-18-20-23-26-32-39-46-53-66(3)4/h14-17,66-71,76H,8-13,18-65H2,1-7H3,(H,81,82)(H,83,84)/b15-14-,17-16-/t68?,69?,70-,71-/m1/s1. The van der Waals surface area contributed by atoms with Gasteiger partial charge < -0.3 is 33.8 Å². The predicted octanol–water partition coefficient (Wildman–Crippen LogP) is 21.3. The van der Waals surface area contributed by atoms with Gasteiger partial charge in [0.25, 0.3) is 0 Å². The Morgan fingerprint density at radius 3 is 0.947 bits per heavy atom. The van der Waals surface area contributed by atoms with E-state index in [1.165, 1.54) is 148 Å². The molecule has 19 heteroatoms. The summed E-state index contributed by atoms with van der Waals surface area (Å²) in [6, 6.07) is 0. The van der Waals surface area contributed by atoms with Crippen LogP contribution in [0.25, 0.3) is 0 Å². The third kappa shape index (κ3) is 66.8. The third-order valence-electron chi connectivity index (χ3n) is 17.1. The van der Waals surface area contributed by atoms with Crippen LogP contribution in [0.15, 0.2) is 24.3 Å². The Labute approximate surface area is 573 Å². The summed E-state index contributed by atoms with van der Waals surface area (Å²) >= 11 is 0. The molecule has 0 bridgehead atoms. The van der Waals surface area contributed by atoms with Gasteiger partial charge in [-0.05, 0) is 69.1 Å². The number of aliphatic hydroxyl groups excluding tert-OH is 1. The maximum absolute atomic E-state index is 13.1.